The molecular formula is C37H50N4O5. The van der Waals surface area contributed by atoms with E-state index in [2.05, 4.69) is 73.8 Å². The molecule has 9 nitrogen and oxygen atoms in total. The lowest BCUT2D eigenvalue weighted by atomic mass is 9.78. The van der Waals surface area contributed by atoms with Crippen LogP contribution in [0.2, 0.25) is 0 Å². The first kappa shape index (κ1) is 33.5. The van der Waals surface area contributed by atoms with Gasteiger partial charge < -0.3 is 24.8 Å². The molecule has 0 saturated heterocycles. The number of nitrogens with zero attached hydrogens (tertiary/aromatic N) is 3. The van der Waals surface area contributed by atoms with Gasteiger partial charge in [-0.15, -0.1) is 0 Å². The Morgan fingerprint density at radius 2 is 1.78 bits per heavy atom. The van der Waals surface area contributed by atoms with Gasteiger partial charge in [0.2, 0.25) is 5.91 Å². The minimum atomic E-state index is -0.511. The van der Waals surface area contributed by atoms with Crippen LogP contribution >= 0.6 is 0 Å². The van der Waals surface area contributed by atoms with Crippen LogP contribution < -0.4 is 15.0 Å². The van der Waals surface area contributed by atoms with E-state index in [1.165, 1.54) is 11.1 Å². The molecule has 1 heterocycles. The van der Waals surface area contributed by atoms with Crippen LogP contribution in [-0.4, -0.2) is 59.8 Å². The summed E-state index contributed by atoms with van der Waals surface area (Å²) in [6.45, 7) is 7.06. The maximum atomic E-state index is 14.3. The quantitative estimate of drug-likeness (QED) is 0.236. The Labute approximate surface area is 273 Å². The third-order valence-corrected chi connectivity index (χ3v) is 9.74. The summed E-state index contributed by atoms with van der Waals surface area (Å²) < 4.78 is 13.0. The van der Waals surface area contributed by atoms with E-state index in [0.29, 0.717) is 44.1 Å². The summed E-state index contributed by atoms with van der Waals surface area (Å²) in [7, 11) is 1.72. The van der Waals surface area contributed by atoms with E-state index < -0.39 is 6.09 Å². The second-order valence-corrected chi connectivity index (χ2v) is 13.3. The molecule has 46 heavy (non-hydrogen) atoms. The van der Waals surface area contributed by atoms with Crippen molar-refractivity contribution in [1.29, 1.82) is 0 Å². The summed E-state index contributed by atoms with van der Waals surface area (Å²) in [6.07, 6.45) is 10.2. The van der Waals surface area contributed by atoms with Crippen molar-refractivity contribution in [2.24, 2.45) is 11.8 Å². The van der Waals surface area contributed by atoms with Crippen molar-refractivity contribution < 1.29 is 24.2 Å². The molecule has 9 heteroatoms. The van der Waals surface area contributed by atoms with Crippen LogP contribution in [-0.2, 0) is 9.53 Å². The number of methoxy groups -OCH3 is 1. The highest BCUT2D eigenvalue weighted by Gasteiger charge is 2.34. The SMILES string of the molecule is COc1ccc(C2CCC(CN(C(=O)C3CCC(OC(=O)NCCO)CC3)c3cccc(-c4cnn(C(C)C)c4)c3)CC2)cc1C. The Morgan fingerprint density at radius 3 is 2.43 bits per heavy atom. The molecule has 2 saturated carbocycles. The van der Waals surface area contributed by atoms with Crippen molar-refractivity contribution in [1.82, 2.24) is 15.1 Å². The molecule has 3 aromatic rings. The topological polar surface area (TPSA) is 106 Å². The molecule has 2 fully saturated rings. The van der Waals surface area contributed by atoms with Crippen molar-refractivity contribution in [2.45, 2.75) is 90.2 Å². The standard InChI is InChI=1S/C37H50N4O5/c1-25(2)41-24-32(22-39-41)30-6-5-7-33(21-30)40(36(43)29-12-15-34(16-13-29)46-37(44)38-18-19-42)23-27-8-10-28(11-9-27)31-14-17-35(45-4)26(3)20-31/h5-7,14,17,20-22,24-25,27-29,34,42H,8-13,15-16,18-19,23H2,1-4H3,(H,38,44). The number of rotatable bonds is 11. The monoisotopic (exact) mass is 630 g/mol. The van der Waals surface area contributed by atoms with Gasteiger partial charge in [-0.25, -0.2) is 4.79 Å². The van der Waals surface area contributed by atoms with Crippen LogP contribution in [0.25, 0.3) is 11.1 Å². The number of ether oxygens (including phenoxy) is 2. The highest BCUT2D eigenvalue weighted by Crippen LogP contribution is 2.39. The van der Waals surface area contributed by atoms with Crippen molar-refractivity contribution >= 4 is 17.7 Å². The number of hydrogen-bond acceptors (Lipinski definition) is 6. The smallest absolute Gasteiger partial charge is 0.407 e. The molecule has 5 rings (SSSR count). The van der Waals surface area contributed by atoms with Crippen molar-refractivity contribution in [3.05, 3.63) is 66.0 Å². The molecule has 0 atom stereocenters. The number of aryl methyl sites for hydroxylation is 1. The number of hydrogen-bond donors (Lipinski definition) is 2. The van der Waals surface area contributed by atoms with E-state index in [9.17, 15) is 9.59 Å². The number of benzene rings is 2. The van der Waals surface area contributed by atoms with E-state index in [1.807, 2.05) is 21.8 Å². The summed E-state index contributed by atoms with van der Waals surface area (Å²) >= 11 is 0. The zero-order chi connectivity index (χ0) is 32.6. The summed E-state index contributed by atoms with van der Waals surface area (Å²) in [5, 5.41) is 16.0. The molecule has 0 aliphatic heterocycles. The first-order valence-corrected chi connectivity index (χ1v) is 16.9. The van der Waals surface area contributed by atoms with Gasteiger partial charge >= 0.3 is 6.09 Å². The van der Waals surface area contributed by atoms with Gasteiger partial charge in [0.1, 0.15) is 11.9 Å². The lowest BCUT2D eigenvalue weighted by molar-refractivity contribution is -0.124. The molecule has 0 radical (unpaired) electrons. The molecule has 0 unspecified atom stereocenters. The van der Waals surface area contributed by atoms with E-state index in [4.69, 9.17) is 14.6 Å². The van der Waals surface area contributed by atoms with E-state index in [1.54, 1.807) is 7.11 Å². The zero-order valence-corrected chi connectivity index (χ0v) is 27.8. The average Bonchev–Trinajstić information content (AvgIpc) is 3.58. The number of alkyl carbamates (subject to hydrolysis) is 1. The van der Waals surface area contributed by atoms with E-state index in [0.717, 1.165) is 48.2 Å². The maximum Gasteiger partial charge on any atom is 0.407 e. The van der Waals surface area contributed by atoms with Crippen molar-refractivity contribution in [3.8, 4) is 16.9 Å². The van der Waals surface area contributed by atoms with Gasteiger partial charge in [-0.05, 0) is 119 Å². The number of carbonyl (C=O) groups excluding carboxylic acids is 2. The van der Waals surface area contributed by atoms with Crippen LogP contribution in [0.5, 0.6) is 5.75 Å². The van der Waals surface area contributed by atoms with Gasteiger partial charge in [0.25, 0.3) is 0 Å². The Hall–Kier alpha value is -3.85. The minimum absolute atomic E-state index is 0.119. The van der Waals surface area contributed by atoms with Crippen LogP contribution in [0, 0.1) is 18.8 Å². The molecule has 2 aliphatic rings. The average molecular weight is 631 g/mol. The fourth-order valence-corrected chi connectivity index (χ4v) is 7.04. The summed E-state index contributed by atoms with van der Waals surface area (Å²) in [6, 6.07) is 15.1. The number of aliphatic hydroxyl groups excluding tert-OH is 1. The lowest BCUT2D eigenvalue weighted by Crippen LogP contribution is -2.42. The normalized spacial score (nSPS) is 21.5. The maximum absolute atomic E-state index is 14.3. The van der Waals surface area contributed by atoms with Gasteiger partial charge in [-0.1, -0.05) is 24.3 Å². The highest BCUT2D eigenvalue weighted by atomic mass is 16.6. The lowest BCUT2D eigenvalue weighted by Gasteiger charge is -2.36. The Balaban J connectivity index is 1.30. The number of carbonyl (C=O) groups is 2. The molecule has 2 aromatic carbocycles. The Bertz CT molecular complexity index is 1450. The number of anilines is 1. The molecule has 248 valence electrons. The third kappa shape index (κ3) is 8.29. The number of amides is 2. The van der Waals surface area contributed by atoms with Crippen LogP contribution in [0.3, 0.4) is 0 Å². The molecule has 2 N–H and O–H groups in total. The number of aliphatic hydroxyl groups is 1. The molecule has 1 aromatic heterocycles. The summed E-state index contributed by atoms with van der Waals surface area (Å²) in [5.41, 5.74) is 5.56. The second-order valence-electron chi connectivity index (χ2n) is 13.3. The van der Waals surface area contributed by atoms with E-state index >= 15 is 0 Å². The Kier molecular flexibility index (Phi) is 11.4. The largest absolute Gasteiger partial charge is 0.496 e. The molecule has 2 amide bonds. The fourth-order valence-electron chi connectivity index (χ4n) is 7.04. The highest BCUT2D eigenvalue weighted by molar-refractivity contribution is 5.95. The summed E-state index contributed by atoms with van der Waals surface area (Å²) in [4.78, 5) is 28.4. The van der Waals surface area contributed by atoms with Crippen molar-refractivity contribution in [2.75, 3.05) is 31.7 Å². The van der Waals surface area contributed by atoms with Gasteiger partial charge in [0.05, 0.1) is 19.9 Å². The number of aromatic nitrogens is 2. The van der Waals surface area contributed by atoms with Crippen molar-refractivity contribution in [3.63, 3.8) is 0 Å². The van der Waals surface area contributed by atoms with Gasteiger partial charge in [-0.3, -0.25) is 9.48 Å². The van der Waals surface area contributed by atoms with E-state index in [-0.39, 0.29) is 37.1 Å². The van der Waals surface area contributed by atoms with Crippen LogP contribution in [0.1, 0.15) is 88.3 Å². The second kappa shape index (κ2) is 15.6. The number of nitrogens with one attached hydrogen (secondary N) is 1. The van der Waals surface area contributed by atoms with Crippen LogP contribution in [0.15, 0.2) is 54.9 Å². The molecule has 0 spiro atoms. The molecule has 2 aliphatic carbocycles. The predicted octanol–water partition coefficient (Wildman–Crippen LogP) is 7.03. The fraction of sp³-hybridized carbons (Fsp3) is 0.541. The minimum Gasteiger partial charge on any atom is -0.496 e. The first-order chi connectivity index (χ1) is 22.2. The summed E-state index contributed by atoms with van der Waals surface area (Å²) in [5.74, 6) is 1.91. The Morgan fingerprint density at radius 1 is 1.02 bits per heavy atom. The predicted molar refractivity (Wildman–Crippen MR) is 180 cm³/mol. The van der Waals surface area contributed by atoms with Gasteiger partial charge in [0.15, 0.2) is 0 Å². The van der Waals surface area contributed by atoms with Gasteiger partial charge in [0, 0.05) is 42.5 Å². The van der Waals surface area contributed by atoms with Gasteiger partial charge in [-0.2, -0.15) is 5.10 Å². The molecular weight excluding hydrogens is 580 g/mol. The first-order valence-electron chi connectivity index (χ1n) is 16.9. The molecule has 0 bridgehead atoms. The third-order valence-electron chi connectivity index (χ3n) is 9.74. The zero-order valence-electron chi connectivity index (χ0n) is 27.8. The van der Waals surface area contributed by atoms with Crippen LogP contribution in [0.4, 0.5) is 10.5 Å².